The van der Waals surface area contributed by atoms with E-state index in [1.807, 2.05) is 71.0 Å². The number of sulfonamides is 1. The molecule has 0 aliphatic rings. The summed E-state index contributed by atoms with van der Waals surface area (Å²) in [5.41, 5.74) is 4.08. The Kier molecular flexibility index (Phi) is 9.92. The van der Waals surface area contributed by atoms with Crippen molar-refractivity contribution in [3.8, 4) is 0 Å². The minimum Gasteiger partial charge on any atom is -0.354 e. The number of carbonyl (C=O) groups excluding carboxylic acids is 2. The summed E-state index contributed by atoms with van der Waals surface area (Å²) in [6.07, 6.45) is 0. The number of rotatable bonds is 11. The summed E-state index contributed by atoms with van der Waals surface area (Å²) < 4.78 is 29.0. The molecule has 0 fully saturated rings. The summed E-state index contributed by atoms with van der Waals surface area (Å²) in [4.78, 5) is 28.5. The van der Waals surface area contributed by atoms with Crippen molar-refractivity contribution in [1.82, 2.24) is 10.2 Å². The highest BCUT2D eigenvalue weighted by molar-refractivity contribution is 7.92. The van der Waals surface area contributed by atoms with E-state index in [2.05, 4.69) is 5.32 Å². The number of anilines is 1. The van der Waals surface area contributed by atoms with Gasteiger partial charge in [-0.15, -0.1) is 0 Å². The van der Waals surface area contributed by atoms with Gasteiger partial charge in [-0.1, -0.05) is 67.9 Å². The summed E-state index contributed by atoms with van der Waals surface area (Å²) in [7, 11) is -4.08. The average Bonchev–Trinajstić information content (AvgIpc) is 2.90. The van der Waals surface area contributed by atoms with Crippen molar-refractivity contribution in [2.75, 3.05) is 17.4 Å². The van der Waals surface area contributed by atoms with E-state index in [9.17, 15) is 18.0 Å². The third-order valence-electron chi connectivity index (χ3n) is 6.71. The summed E-state index contributed by atoms with van der Waals surface area (Å²) >= 11 is 0. The second kappa shape index (κ2) is 12.9. The first-order valence-corrected chi connectivity index (χ1v) is 14.6. The van der Waals surface area contributed by atoms with E-state index in [1.54, 1.807) is 43.3 Å². The first-order valence-electron chi connectivity index (χ1n) is 13.2. The van der Waals surface area contributed by atoms with Crippen LogP contribution >= 0.6 is 0 Å². The smallest absolute Gasteiger partial charge is 0.264 e. The van der Waals surface area contributed by atoms with Crippen LogP contribution in [0.4, 0.5) is 5.69 Å². The van der Waals surface area contributed by atoms with Crippen molar-refractivity contribution in [3.63, 3.8) is 0 Å². The lowest BCUT2D eigenvalue weighted by Gasteiger charge is -2.32. The van der Waals surface area contributed by atoms with Crippen LogP contribution in [0.25, 0.3) is 0 Å². The fourth-order valence-electron chi connectivity index (χ4n) is 4.06. The number of aryl methyl sites for hydroxylation is 3. The van der Waals surface area contributed by atoms with Crippen LogP contribution in [0.3, 0.4) is 0 Å². The number of amides is 2. The minimum absolute atomic E-state index is 0.0939. The van der Waals surface area contributed by atoms with Gasteiger partial charge in [-0.25, -0.2) is 8.42 Å². The van der Waals surface area contributed by atoms with E-state index < -0.39 is 28.5 Å². The molecule has 0 radical (unpaired) electrons. The maximum Gasteiger partial charge on any atom is 0.264 e. The molecule has 3 aromatic rings. The van der Waals surface area contributed by atoms with Gasteiger partial charge in [0.2, 0.25) is 11.8 Å². The fraction of sp³-hybridized carbons (Fsp3) is 0.355. The monoisotopic (exact) mass is 549 g/mol. The average molecular weight is 550 g/mol. The number of benzene rings is 3. The van der Waals surface area contributed by atoms with E-state index >= 15 is 0 Å². The molecule has 2 amide bonds. The fourth-order valence-corrected chi connectivity index (χ4v) is 5.47. The van der Waals surface area contributed by atoms with Gasteiger partial charge < -0.3 is 10.2 Å². The Morgan fingerprint density at radius 3 is 2.08 bits per heavy atom. The number of nitrogens with one attached hydrogen (secondary N) is 1. The molecule has 3 aromatic carbocycles. The molecule has 0 bridgehead atoms. The zero-order valence-corrected chi connectivity index (χ0v) is 24.5. The molecule has 0 saturated heterocycles. The molecule has 3 rings (SSSR count). The molecule has 0 unspecified atom stereocenters. The molecule has 0 aliphatic heterocycles. The lowest BCUT2D eigenvalue weighted by molar-refractivity contribution is -0.139. The van der Waals surface area contributed by atoms with Crippen molar-refractivity contribution >= 4 is 27.5 Å². The molecule has 0 heterocycles. The van der Waals surface area contributed by atoms with Crippen molar-refractivity contribution < 1.29 is 18.0 Å². The maximum atomic E-state index is 13.9. The molecule has 0 aliphatic carbocycles. The first-order chi connectivity index (χ1) is 18.4. The molecular weight excluding hydrogens is 510 g/mol. The van der Waals surface area contributed by atoms with Gasteiger partial charge in [-0.05, 0) is 74.6 Å². The van der Waals surface area contributed by atoms with Crippen LogP contribution in [-0.4, -0.2) is 44.3 Å². The van der Waals surface area contributed by atoms with Crippen molar-refractivity contribution in [1.29, 1.82) is 0 Å². The van der Waals surface area contributed by atoms with Gasteiger partial charge in [0, 0.05) is 13.1 Å². The van der Waals surface area contributed by atoms with Crippen molar-refractivity contribution in [2.24, 2.45) is 5.92 Å². The molecule has 1 atom stereocenters. The molecule has 8 heteroatoms. The quantitative estimate of drug-likeness (QED) is 0.365. The largest absolute Gasteiger partial charge is 0.354 e. The van der Waals surface area contributed by atoms with Crippen LogP contribution in [0.5, 0.6) is 0 Å². The normalized spacial score (nSPS) is 12.2. The molecule has 39 heavy (non-hydrogen) atoms. The minimum atomic E-state index is -4.08. The second-order valence-corrected chi connectivity index (χ2v) is 12.3. The zero-order chi connectivity index (χ0) is 28.7. The lowest BCUT2D eigenvalue weighted by atomic mass is 10.1. The SMILES string of the molecule is Cc1ccc(S(=O)(=O)N(CC(=O)N(Cc2ccccc2)[C@@H](C)C(=O)NCC(C)C)c2ccc(C)c(C)c2)cc1. The van der Waals surface area contributed by atoms with Gasteiger partial charge in [0.25, 0.3) is 10.0 Å². The van der Waals surface area contributed by atoms with Gasteiger partial charge in [-0.2, -0.15) is 0 Å². The Morgan fingerprint density at radius 2 is 1.49 bits per heavy atom. The van der Waals surface area contributed by atoms with Crippen LogP contribution in [0, 0.1) is 26.7 Å². The van der Waals surface area contributed by atoms with Crippen molar-refractivity contribution in [2.45, 2.75) is 59.0 Å². The summed E-state index contributed by atoms with van der Waals surface area (Å²) in [5.74, 6) is -0.508. The van der Waals surface area contributed by atoms with Crippen LogP contribution in [0.15, 0.2) is 77.7 Å². The third-order valence-corrected chi connectivity index (χ3v) is 8.50. The second-order valence-electron chi connectivity index (χ2n) is 10.4. The zero-order valence-electron chi connectivity index (χ0n) is 23.6. The Morgan fingerprint density at radius 1 is 0.846 bits per heavy atom. The summed E-state index contributed by atoms with van der Waals surface area (Å²) in [6, 6.07) is 20.4. The van der Waals surface area contributed by atoms with E-state index in [4.69, 9.17) is 0 Å². The van der Waals surface area contributed by atoms with Crippen LogP contribution in [0.1, 0.15) is 43.0 Å². The Bertz CT molecular complexity index is 1390. The molecule has 0 spiro atoms. The molecular formula is C31H39N3O4S. The predicted molar refractivity (Wildman–Crippen MR) is 156 cm³/mol. The topological polar surface area (TPSA) is 86.8 Å². The van der Waals surface area contributed by atoms with E-state index in [1.165, 1.54) is 4.90 Å². The van der Waals surface area contributed by atoms with E-state index in [-0.39, 0.29) is 23.3 Å². The first kappa shape index (κ1) is 29.9. The van der Waals surface area contributed by atoms with Gasteiger partial charge in [0.15, 0.2) is 0 Å². The molecule has 208 valence electrons. The standard InChI is InChI=1S/C31H39N3O4S/c1-22(2)19-32-31(36)26(6)33(20-27-10-8-7-9-11-27)30(35)21-34(28-15-14-24(4)25(5)18-28)39(37,38)29-16-12-23(3)13-17-29/h7-18,22,26H,19-21H2,1-6H3,(H,32,36)/t26-/m0/s1. The van der Waals surface area contributed by atoms with Gasteiger partial charge in [0.05, 0.1) is 10.6 Å². The highest BCUT2D eigenvalue weighted by Crippen LogP contribution is 2.27. The number of hydrogen-bond donors (Lipinski definition) is 1. The Balaban J connectivity index is 2.02. The third kappa shape index (κ3) is 7.69. The number of nitrogens with zero attached hydrogens (tertiary/aromatic N) is 2. The molecule has 7 nitrogen and oxygen atoms in total. The highest BCUT2D eigenvalue weighted by atomic mass is 32.2. The Labute approximate surface area is 232 Å². The Hall–Kier alpha value is -3.65. The lowest BCUT2D eigenvalue weighted by Crippen LogP contribution is -2.51. The van der Waals surface area contributed by atoms with Gasteiger partial charge in [-0.3, -0.25) is 13.9 Å². The maximum absolute atomic E-state index is 13.9. The molecule has 1 N–H and O–H groups in total. The predicted octanol–water partition coefficient (Wildman–Crippen LogP) is 5.00. The van der Waals surface area contributed by atoms with E-state index in [0.717, 1.165) is 26.6 Å². The number of carbonyl (C=O) groups is 2. The van der Waals surface area contributed by atoms with Crippen LogP contribution < -0.4 is 9.62 Å². The van der Waals surface area contributed by atoms with Crippen LogP contribution in [0.2, 0.25) is 0 Å². The highest BCUT2D eigenvalue weighted by Gasteiger charge is 2.32. The summed E-state index contributed by atoms with van der Waals surface area (Å²) in [6.45, 7) is 11.6. The van der Waals surface area contributed by atoms with Crippen LogP contribution in [-0.2, 0) is 26.2 Å². The summed E-state index contributed by atoms with van der Waals surface area (Å²) in [5, 5.41) is 2.90. The van der Waals surface area contributed by atoms with Gasteiger partial charge in [0.1, 0.15) is 12.6 Å². The number of hydrogen-bond acceptors (Lipinski definition) is 4. The molecule has 0 saturated carbocycles. The van der Waals surface area contributed by atoms with Gasteiger partial charge >= 0.3 is 0 Å². The van der Waals surface area contributed by atoms with E-state index in [0.29, 0.717) is 12.2 Å². The van der Waals surface area contributed by atoms with Crippen molar-refractivity contribution in [3.05, 3.63) is 95.1 Å². The molecule has 0 aromatic heterocycles.